The molecule has 20 rings (SSSR count). The quantitative estimate of drug-likeness (QED) is 0.144. The number of aromatic nitrogens is 4. The summed E-state index contributed by atoms with van der Waals surface area (Å²) >= 11 is 0. The lowest BCUT2D eigenvalue weighted by Gasteiger charge is -2.11. The van der Waals surface area contributed by atoms with Crippen LogP contribution in [0.15, 0.2) is 364 Å². The first-order chi connectivity index (χ1) is 47.6. The SMILES string of the molecule is c1ccc(-c2ccc3cc(-n4c5ccccc5c5cc(-c6ccc7c(c6)c6ccccc6n7-c6ccccc6)ccc54)ccc3c2)cc1.c1ccc(-c2ccc3ccc(-n4c5ccccc5c5cc(-c6ccc7c(c6)c6ccccc6n7-c6ccccc6)ccc54)cc3c2)cc1. The summed E-state index contributed by atoms with van der Waals surface area (Å²) < 4.78 is 9.57. The van der Waals surface area contributed by atoms with E-state index in [-0.39, 0.29) is 0 Å². The number of hydrogen-bond donors (Lipinski definition) is 0. The third-order valence-electron chi connectivity index (χ3n) is 19.8. The Balaban J connectivity index is 0.000000135. The van der Waals surface area contributed by atoms with E-state index in [9.17, 15) is 0 Å². The minimum absolute atomic E-state index is 1.17. The van der Waals surface area contributed by atoms with Crippen molar-refractivity contribution in [2.45, 2.75) is 0 Å². The van der Waals surface area contributed by atoms with Crippen molar-refractivity contribution in [1.82, 2.24) is 18.3 Å². The fourth-order valence-electron chi connectivity index (χ4n) is 15.2. The Kier molecular flexibility index (Phi) is 12.9. The molecule has 4 aromatic heterocycles. The van der Waals surface area contributed by atoms with Crippen LogP contribution in [0.5, 0.6) is 0 Å². The Bertz CT molecular complexity index is 6430. The van der Waals surface area contributed by atoms with Crippen molar-refractivity contribution < 1.29 is 0 Å². The number of para-hydroxylation sites is 6. The van der Waals surface area contributed by atoms with Gasteiger partial charge in [-0.25, -0.2) is 0 Å². The van der Waals surface area contributed by atoms with Gasteiger partial charge in [-0.2, -0.15) is 0 Å². The molecule has 0 radical (unpaired) electrons. The Hall–Kier alpha value is -12.8. The van der Waals surface area contributed by atoms with Crippen LogP contribution < -0.4 is 0 Å². The van der Waals surface area contributed by atoms with Crippen molar-refractivity contribution in [3.8, 4) is 67.3 Å². The van der Waals surface area contributed by atoms with Crippen LogP contribution in [0.4, 0.5) is 0 Å². The second-order valence-corrected chi connectivity index (χ2v) is 25.2. The predicted molar refractivity (Wildman–Crippen MR) is 407 cm³/mol. The zero-order chi connectivity index (χ0) is 63.2. The highest BCUT2D eigenvalue weighted by atomic mass is 15.0. The highest BCUT2D eigenvalue weighted by Crippen LogP contribution is 2.42. The molecule has 0 unspecified atom stereocenters. The van der Waals surface area contributed by atoms with Crippen LogP contribution in [0.1, 0.15) is 0 Å². The normalized spacial score (nSPS) is 11.8. The summed E-state index contributed by atoms with van der Waals surface area (Å²) in [5, 5.41) is 15.1. The van der Waals surface area contributed by atoms with Crippen LogP contribution in [0.25, 0.3) is 176 Å². The van der Waals surface area contributed by atoms with Gasteiger partial charge in [-0.15, -0.1) is 0 Å². The van der Waals surface area contributed by atoms with Crippen molar-refractivity contribution in [3.63, 3.8) is 0 Å². The minimum atomic E-state index is 1.17. The molecule has 448 valence electrons. The van der Waals surface area contributed by atoms with Gasteiger partial charge in [0, 0.05) is 65.8 Å². The molecule has 0 fully saturated rings. The van der Waals surface area contributed by atoms with E-state index in [0.29, 0.717) is 0 Å². The topological polar surface area (TPSA) is 19.7 Å². The largest absolute Gasteiger partial charge is 0.309 e. The van der Waals surface area contributed by atoms with E-state index in [1.54, 1.807) is 0 Å². The zero-order valence-electron chi connectivity index (χ0n) is 52.4. The van der Waals surface area contributed by atoms with Gasteiger partial charge in [-0.1, -0.05) is 231 Å². The standard InChI is InChI=1S/2C46H30N2/c1-3-11-31(12-4-1)32-19-20-34-28-38(24-21-33(34)27-32)48-44-18-10-8-16-40(44)42-30-36(23-26-46(42)48)35-22-25-45-41(29-35)39-15-7-9-17-43(39)47(45)37-13-5-2-6-14-37;1-3-11-31(12-4-1)33-20-19-32-21-24-38(28-36(32)27-33)48-44-18-10-8-16-40(44)42-30-35(23-26-46(42)48)34-22-25-45-41(29-34)39-15-7-9-17-43(39)47(45)37-13-5-2-6-14-37/h2*1-30H. The van der Waals surface area contributed by atoms with Gasteiger partial charge in [0.15, 0.2) is 0 Å². The van der Waals surface area contributed by atoms with E-state index >= 15 is 0 Å². The predicted octanol–water partition coefficient (Wildman–Crippen LogP) is 24.7. The molecule has 4 heterocycles. The maximum absolute atomic E-state index is 2.42. The monoisotopic (exact) mass is 1220 g/mol. The van der Waals surface area contributed by atoms with Crippen LogP contribution in [0.2, 0.25) is 0 Å². The summed E-state index contributed by atoms with van der Waals surface area (Å²) in [4.78, 5) is 0. The number of hydrogen-bond acceptors (Lipinski definition) is 0. The highest BCUT2D eigenvalue weighted by Gasteiger charge is 2.20. The summed E-state index contributed by atoms with van der Waals surface area (Å²) in [6, 6.07) is 132. The van der Waals surface area contributed by atoms with Gasteiger partial charge in [0.05, 0.1) is 44.1 Å². The Morgan fingerprint density at radius 1 is 0.125 bits per heavy atom. The Morgan fingerprint density at radius 3 is 0.760 bits per heavy atom. The average Bonchev–Trinajstić information content (AvgIpc) is 1.59. The lowest BCUT2D eigenvalue weighted by Crippen LogP contribution is -1.94. The van der Waals surface area contributed by atoms with Crippen LogP contribution in [-0.4, -0.2) is 18.3 Å². The Morgan fingerprint density at radius 2 is 0.375 bits per heavy atom. The first kappa shape index (κ1) is 54.9. The molecule has 0 amide bonds. The van der Waals surface area contributed by atoms with E-state index in [1.807, 2.05) is 0 Å². The highest BCUT2D eigenvalue weighted by molar-refractivity contribution is 6.15. The lowest BCUT2D eigenvalue weighted by atomic mass is 10.0. The van der Waals surface area contributed by atoms with Crippen molar-refractivity contribution in [3.05, 3.63) is 364 Å². The molecule has 4 heteroatoms. The molecule has 0 bridgehead atoms. The van der Waals surface area contributed by atoms with E-state index in [4.69, 9.17) is 0 Å². The summed E-state index contributed by atoms with van der Waals surface area (Å²) in [7, 11) is 0. The number of fused-ring (bicyclic) bond motifs is 14. The third-order valence-corrected chi connectivity index (χ3v) is 19.8. The first-order valence-electron chi connectivity index (χ1n) is 33.0. The molecule has 0 aliphatic heterocycles. The van der Waals surface area contributed by atoms with Gasteiger partial charge in [-0.3, -0.25) is 0 Å². The van der Waals surface area contributed by atoms with Gasteiger partial charge >= 0.3 is 0 Å². The molecule has 4 nitrogen and oxygen atoms in total. The van der Waals surface area contributed by atoms with Gasteiger partial charge in [0.2, 0.25) is 0 Å². The fraction of sp³-hybridized carbons (Fsp3) is 0. The van der Waals surface area contributed by atoms with E-state index in [1.165, 1.54) is 176 Å². The summed E-state index contributed by atoms with van der Waals surface area (Å²) in [6.45, 7) is 0. The summed E-state index contributed by atoms with van der Waals surface area (Å²) in [6.07, 6.45) is 0. The molecular weight excluding hydrogens is 1160 g/mol. The van der Waals surface area contributed by atoms with Crippen molar-refractivity contribution >= 4 is 109 Å². The zero-order valence-corrected chi connectivity index (χ0v) is 52.4. The maximum Gasteiger partial charge on any atom is 0.0541 e. The number of benzene rings is 16. The average molecular weight is 1220 g/mol. The molecule has 16 aromatic carbocycles. The molecule has 0 spiro atoms. The molecule has 0 aliphatic rings. The van der Waals surface area contributed by atoms with Gasteiger partial charge in [0.1, 0.15) is 0 Å². The van der Waals surface area contributed by atoms with Crippen LogP contribution in [-0.2, 0) is 0 Å². The van der Waals surface area contributed by atoms with E-state index < -0.39 is 0 Å². The van der Waals surface area contributed by atoms with Crippen LogP contribution in [0.3, 0.4) is 0 Å². The van der Waals surface area contributed by atoms with Crippen LogP contribution in [0, 0.1) is 0 Å². The number of nitrogens with zero attached hydrogens (tertiary/aromatic N) is 4. The number of rotatable bonds is 8. The molecule has 0 saturated carbocycles. The van der Waals surface area contributed by atoms with Crippen molar-refractivity contribution in [2.24, 2.45) is 0 Å². The molecule has 0 aliphatic carbocycles. The third kappa shape index (κ3) is 9.14. The smallest absolute Gasteiger partial charge is 0.0541 e. The first-order valence-corrected chi connectivity index (χ1v) is 33.0. The second kappa shape index (κ2) is 22.5. The molecule has 96 heavy (non-hydrogen) atoms. The molecule has 0 N–H and O–H groups in total. The van der Waals surface area contributed by atoms with Gasteiger partial charge < -0.3 is 18.3 Å². The molecular formula is C92H60N4. The van der Waals surface area contributed by atoms with Crippen LogP contribution >= 0.6 is 0 Å². The van der Waals surface area contributed by atoms with Crippen molar-refractivity contribution in [2.75, 3.05) is 0 Å². The minimum Gasteiger partial charge on any atom is -0.309 e. The maximum atomic E-state index is 2.42. The van der Waals surface area contributed by atoms with Gasteiger partial charge in [0.25, 0.3) is 0 Å². The van der Waals surface area contributed by atoms with E-state index in [2.05, 4.69) is 382 Å². The summed E-state index contributed by atoms with van der Waals surface area (Å²) in [5.41, 5.74) is 24.2. The van der Waals surface area contributed by atoms with Gasteiger partial charge in [-0.05, 0) is 200 Å². The van der Waals surface area contributed by atoms with E-state index in [0.717, 1.165) is 0 Å². The lowest BCUT2D eigenvalue weighted by molar-refractivity contribution is 1.18. The molecule has 0 saturated heterocycles. The fourth-order valence-corrected chi connectivity index (χ4v) is 15.2. The molecule has 0 atom stereocenters. The second-order valence-electron chi connectivity index (χ2n) is 25.2. The Labute approximate surface area is 554 Å². The summed E-state index contributed by atoms with van der Waals surface area (Å²) in [5.74, 6) is 0. The van der Waals surface area contributed by atoms with Crippen molar-refractivity contribution in [1.29, 1.82) is 0 Å². The molecule has 20 aromatic rings.